The van der Waals surface area contributed by atoms with Crippen molar-refractivity contribution in [1.82, 2.24) is 14.5 Å². The van der Waals surface area contributed by atoms with E-state index >= 15 is 0 Å². The molecule has 152 valence electrons. The van der Waals surface area contributed by atoms with Crippen LogP contribution in [0.5, 0.6) is 11.6 Å². The normalized spacial score (nSPS) is 17.9. The summed E-state index contributed by atoms with van der Waals surface area (Å²) < 4.78 is 51.9. The minimum atomic E-state index is -3.92. The summed E-state index contributed by atoms with van der Waals surface area (Å²) in [6.45, 7) is 0.465. The van der Waals surface area contributed by atoms with Gasteiger partial charge in [-0.3, -0.25) is 0 Å². The van der Waals surface area contributed by atoms with Gasteiger partial charge in [-0.15, -0.1) is 10.2 Å². The van der Waals surface area contributed by atoms with Crippen molar-refractivity contribution in [2.24, 2.45) is 0 Å². The molecule has 1 saturated heterocycles. The summed E-state index contributed by atoms with van der Waals surface area (Å²) in [4.78, 5) is 1.63. The predicted molar refractivity (Wildman–Crippen MR) is 102 cm³/mol. The highest BCUT2D eigenvalue weighted by Gasteiger charge is 2.33. The molecule has 0 saturated carbocycles. The molecule has 0 N–H and O–H groups in total. The molecule has 0 bridgehead atoms. The molecule has 1 aromatic carbocycles. The lowest BCUT2D eigenvalue weighted by Gasteiger charge is -2.32. The van der Waals surface area contributed by atoms with Crippen LogP contribution in [0, 0.1) is 5.82 Å². The first-order valence-corrected chi connectivity index (χ1v) is 10.3. The van der Waals surface area contributed by atoms with Gasteiger partial charge >= 0.3 is 0 Å². The number of aromatic nitrogens is 2. The van der Waals surface area contributed by atoms with Crippen LogP contribution >= 0.6 is 0 Å². The van der Waals surface area contributed by atoms with Crippen LogP contribution in [0.2, 0.25) is 0 Å². The van der Waals surface area contributed by atoms with Crippen LogP contribution in [0.15, 0.2) is 35.2 Å². The third kappa shape index (κ3) is 4.33. The van der Waals surface area contributed by atoms with E-state index in [0.29, 0.717) is 31.1 Å². The van der Waals surface area contributed by atoms with Crippen LogP contribution in [0.1, 0.15) is 12.8 Å². The van der Waals surface area contributed by atoms with Crippen molar-refractivity contribution in [2.75, 3.05) is 39.2 Å². The maximum atomic E-state index is 13.7. The van der Waals surface area contributed by atoms with E-state index in [2.05, 4.69) is 10.2 Å². The molecule has 3 rings (SSSR count). The van der Waals surface area contributed by atoms with E-state index in [9.17, 15) is 12.8 Å². The number of nitrogens with zero attached hydrogens (tertiary/aromatic N) is 4. The van der Waals surface area contributed by atoms with Gasteiger partial charge in [-0.1, -0.05) is 0 Å². The highest BCUT2D eigenvalue weighted by Crippen LogP contribution is 2.30. The lowest BCUT2D eigenvalue weighted by molar-refractivity contribution is 0.123. The average molecular weight is 410 g/mol. The van der Waals surface area contributed by atoms with Gasteiger partial charge in [-0.2, -0.15) is 4.31 Å². The van der Waals surface area contributed by atoms with Gasteiger partial charge in [-0.25, -0.2) is 12.8 Å². The number of hydrogen-bond donors (Lipinski definition) is 0. The smallest absolute Gasteiger partial charge is 0.246 e. The fraction of sp³-hybridized carbons (Fsp3) is 0.444. The van der Waals surface area contributed by atoms with E-state index < -0.39 is 15.8 Å². The number of piperidine rings is 1. The molecule has 2 heterocycles. The Kier molecular flexibility index (Phi) is 5.99. The molecule has 1 aliphatic heterocycles. The molecule has 0 radical (unpaired) electrons. The van der Waals surface area contributed by atoms with Crippen LogP contribution in [-0.4, -0.2) is 63.3 Å². The topological polar surface area (TPSA) is 84.9 Å². The van der Waals surface area contributed by atoms with E-state index in [1.165, 1.54) is 17.5 Å². The van der Waals surface area contributed by atoms with Gasteiger partial charge in [0, 0.05) is 26.7 Å². The van der Waals surface area contributed by atoms with E-state index in [1.807, 2.05) is 19.0 Å². The van der Waals surface area contributed by atoms with Crippen molar-refractivity contribution >= 4 is 15.8 Å². The van der Waals surface area contributed by atoms with E-state index in [1.54, 1.807) is 12.1 Å². The van der Waals surface area contributed by atoms with Gasteiger partial charge in [0.1, 0.15) is 22.6 Å². The van der Waals surface area contributed by atoms with Gasteiger partial charge in [-0.05, 0) is 37.1 Å². The second-order valence-corrected chi connectivity index (χ2v) is 8.57. The lowest BCUT2D eigenvalue weighted by atomic mass is 10.1. The molecule has 8 nitrogen and oxygen atoms in total. The summed E-state index contributed by atoms with van der Waals surface area (Å²) >= 11 is 0. The largest absolute Gasteiger partial charge is 0.495 e. The van der Waals surface area contributed by atoms with Crippen LogP contribution in [0.4, 0.5) is 10.2 Å². The first-order chi connectivity index (χ1) is 13.3. The molecule has 2 aromatic rings. The van der Waals surface area contributed by atoms with E-state index in [4.69, 9.17) is 9.47 Å². The maximum Gasteiger partial charge on any atom is 0.246 e. The van der Waals surface area contributed by atoms with Crippen molar-refractivity contribution in [2.45, 2.75) is 23.8 Å². The van der Waals surface area contributed by atoms with Crippen LogP contribution in [-0.2, 0) is 10.0 Å². The van der Waals surface area contributed by atoms with Crippen molar-refractivity contribution in [3.8, 4) is 11.6 Å². The Hall–Kier alpha value is -2.46. The molecule has 1 fully saturated rings. The highest BCUT2D eigenvalue weighted by atomic mass is 32.2. The fourth-order valence-electron chi connectivity index (χ4n) is 3.00. The molecule has 0 aliphatic carbocycles. The van der Waals surface area contributed by atoms with Crippen molar-refractivity contribution in [3.63, 3.8) is 0 Å². The number of benzene rings is 1. The Labute approximate surface area is 163 Å². The second-order valence-electron chi connectivity index (χ2n) is 6.66. The number of anilines is 1. The summed E-state index contributed by atoms with van der Waals surface area (Å²) in [6, 6.07) is 6.92. The molecule has 28 heavy (non-hydrogen) atoms. The number of halogens is 1. The molecule has 10 heteroatoms. The molecule has 1 aliphatic rings. The third-order valence-electron chi connectivity index (χ3n) is 4.46. The zero-order valence-electron chi connectivity index (χ0n) is 16.0. The van der Waals surface area contributed by atoms with Crippen LogP contribution in [0.3, 0.4) is 0 Å². The zero-order chi connectivity index (χ0) is 20.3. The standard InChI is InChI=1S/C18H23FN4O4S/c1-22(2)17-8-9-18(21-20-17)27-14-5-4-10-23(12-14)28(24,25)16-11-13(19)6-7-15(16)26-3/h6-9,11,14H,4-5,10,12H2,1-3H3. The first-order valence-electron chi connectivity index (χ1n) is 8.82. The fourth-order valence-corrected chi connectivity index (χ4v) is 4.67. The van der Waals surface area contributed by atoms with Crippen LogP contribution < -0.4 is 14.4 Å². The van der Waals surface area contributed by atoms with Gasteiger partial charge < -0.3 is 14.4 Å². The minimum Gasteiger partial charge on any atom is -0.495 e. The summed E-state index contributed by atoms with van der Waals surface area (Å²) in [5.74, 6) is 0.492. The van der Waals surface area contributed by atoms with Gasteiger partial charge in [0.2, 0.25) is 15.9 Å². The molecular formula is C18H23FN4O4S. The zero-order valence-corrected chi connectivity index (χ0v) is 16.8. The summed E-state index contributed by atoms with van der Waals surface area (Å²) in [5, 5.41) is 8.08. The lowest BCUT2D eigenvalue weighted by Crippen LogP contribution is -2.44. The Balaban J connectivity index is 1.76. The van der Waals surface area contributed by atoms with E-state index in [0.717, 1.165) is 12.1 Å². The van der Waals surface area contributed by atoms with Gasteiger partial charge in [0.15, 0.2) is 5.82 Å². The van der Waals surface area contributed by atoms with E-state index in [-0.39, 0.29) is 23.3 Å². The quantitative estimate of drug-likeness (QED) is 0.719. The Bertz CT molecular complexity index is 922. The second kappa shape index (κ2) is 8.27. The highest BCUT2D eigenvalue weighted by molar-refractivity contribution is 7.89. The third-order valence-corrected chi connectivity index (χ3v) is 6.34. The van der Waals surface area contributed by atoms with Crippen LogP contribution in [0.25, 0.3) is 0 Å². The molecule has 0 spiro atoms. The number of hydrogen-bond acceptors (Lipinski definition) is 7. The monoisotopic (exact) mass is 410 g/mol. The summed E-state index contributed by atoms with van der Waals surface area (Å²) in [7, 11) is 1.14. The Morgan fingerprint density at radius 2 is 2.00 bits per heavy atom. The van der Waals surface area contributed by atoms with Crippen molar-refractivity contribution < 1.29 is 22.3 Å². The average Bonchev–Trinajstić information content (AvgIpc) is 2.68. The van der Waals surface area contributed by atoms with Gasteiger partial charge in [0.25, 0.3) is 0 Å². The molecule has 1 atom stereocenters. The number of ether oxygens (including phenoxy) is 2. The molecule has 1 aromatic heterocycles. The first kappa shape index (κ1) is 20.3. The SMILES string of the molecule is COc1ccc(F)cc1S(=O)(=O)N1CCCC(Oc2ccc(N(C)C)nn2)C1. The minimum absolute atomic E-state index is 0.106. The number of sulfonamides is 1. The molecular weight excluding hydrogens is 387 g/mol. The maximum absolute atomic E-state index is 13.7. The summed E-state index contributed by atoms with van der Waals surface area (Å²) in [6.07, 6.45) is 0.927. The number of rotatable bonds is 6. The molecule has 0 amide bonds. The summed E-state index contributed by atoms with van der Waals surface area (Å²) in [5.41, 5.74) is 0. The Morgan fingerprint density at radius 1 is 1.21 bits per heavy atom. The van der Waals surface area contributed by atoms with Crippen molar-refractivity contribution in [1.29, 1.82) is 0 Å². The van der Waals surface area contributed by atoms with Crippen molar-refractivity contribution in [3.05, 3.63) is 36.1 Å². The Morgan fingerprint density at radius 3 is 2.64 bits per heavy atom. The van der Waals surface area contributed by atoms with Gasteiger partial charge in [0.05, 0.1) is 13.7 Å². The molecule has 1 unspecified atom stereocenters. The predicted octanol–water partition coefficient (Wildman–Crippen LogP) is 1.92. The number of methoxy groups -OCH3 is 1.